The average Bonchev–Trinajstić information content (AvgIpc) is 3.57. The first-order valence-corrected chi connectivity index (χ1v) is 12.7. The lowest BCUT2D eigenvalue weighted by Crippen LogP contribution is -2.41. The zero-order chi connectivity index (χ0) is 27.5. The van der Waals surface area contributed by atoms with Gasteiger partial charge in [0.2, 0.25) is 0 Å². The van der Waals surface area contributed by atoms with Crippen molar-refractivity contribution in [3.05, 3.63) is 84.7 Å². The number of anilines is 1. The number of para-hydroxylation sites is 1. The number of benzene rings is 2. The second-order valence-electron chi connectivity index (χ2n) is 8.66. The van der Waals surface area contributed by atoms with E-state index in [0.717, 1.165) is 31.8 Å². The molecule has 0 aliphatic heterocycles. The Hall–Kier alpha value is -4.77. The maximum absolute atomic E-state index is 15.3. The zero-order valence-electron chi connectivity index (χ0n) is 21.1. The molecular formula is C28H24FN5O4S. The second kappa shape index (κ2) is 10.9. The Balaban J connectivity index is 1.41. The molecule has 0 radical (unpaired) electrons. The fourth-order valence-electron chi connectivity index (χ4n) is 4.14. The lowest BCUT2D eigenvalue weighted by molar-refractivity contribution is -0.135. The van der Waals surface area contributed by atoms with E-state index in [9.17, 15) is 9.59 Å². The average molecular weight is 546 g/mol. The number of methoxy groups -OCH3 is 1. The second-order valence-corrected chi connectivity index (χ2v) is 9.71. The molecule has 5 rings (SSSR count). The highest BCUT2D eigenvalue weighted by molar-refractivity contribution is 7.22. The van der Waals surface area contributed by atoms with Gasteiger partial charge >= 0.3 is 11.8 Å². The molecule has 3 aromatic heterocycles. The van der Waals surface area contributed by atoms with Crippen molar-refractivity contribution in [2.24, 2.45) is 12.8 Å². The van der Waals surface area contributed by atoms with Crippen molar-refractivity contribution in [1.29, 1.82) is 0 Å². The lowest BCUT2D eigenvalue weighted by atomic mass is 10.1. The number of imidazole rings is 1. The number of amides is 2. The van der Waals surface area contributed by atoms with Gasteiger partial charge < -0.3 is 24.7 Å². The first kappa shape index (κ1) is 25.9. The molecule has 9 nitrogen and oxygen atoms in total. The van der Waals surface area contributed by atoms with Crippen molar-refractivity contribution in [3.8, 4) is 27.8 Å². The third-order valence-corrected chi connectivity index (χ3v) is 7.19. The van der Waals surface area contributed by atoms with Crippen molar-refractivity contribution >= 4 is 39.1 Å². The van der Waals surface area contributed by atoms with Crippen LogP contribution in [0, 0.1) is 5.82 Å². The number of carbonyl (C=O) groups excluding carboxylic acids is 2. The molecule has 0 aliphatic rings. The first-order chi connectivity index (χ1) is 18.8. The quantitative estimate of drug-likeness (QED) is 0.283. The number of hydrogen-bond donors (Lipinski definition) is 1. The van der Waals surface area contributed by atoms with Gasteiger partial charge in [0.1, 0.15) is 11.5 Å². The molecule has 0 bridgehead atoms. The SMILES string of the molecule is COc1ccccc1CCN(C(=O)C(N)=O)c1ccc(Oc2ccnc3cc(-c4cn(C)cn4)sc23)c(F)c1. The summed E-state index contributed by atoms with van der Waals surface area (Å²) in [5.74, 6) is -1.78. The first-order valence-electron chi connectivity index (χ1n) is 11.9. The van der Waals surface area contributed by atoms with E-state index in [0.29, 0.717) is 23.4 Å². The van der Waals surface area contributed by atoms with Gasteiger partial charge in [0.25, 0.3) is 0 Å². The molecule has 0 aliphatic carbocycles. The summed E-state index contributed by atoms with van der Waals surface area (Å²) in [5.41, 5.74) is 7.78. The highest BCUT2D eigenvalue weighted by atomic mass is 32.1. The molecule has 5 aromatic rings. The third kappa shape index (κ3) is 5.43. The van der Waals surface area contributed by atoms with E-state index in [1.165, 1.54) is 23.5 Å². The Morgan fingerprint density at radius 2 is 1.90 bits per heavy atom. The van der Waals surface area contributed by atoms with Crippen LogP contribution in [0.1, 0.15) is 5.56 Å². The minimum atomic E-state index is -1.14. The summed E-state index contributed by atoms with van der Waals surface area (Å²) in [6.07, 6.45) is 5.56. The van der Waals surface area contributed by atoms with Crippen LogP contribution in [0.5, 0.6) is 17.2 Å². The molecule has 198 valence electrons. The fraction of sp³-hybridized carbons (Fsp3) is 0.143. The van der Waals surface area contributed by atoms with Gasteiger partial charge in [0.15, 0.2) is 11.6 Å². The van der Waals surface area contributed by atoms with Gasteiger partial charge in [-0.05, 0) is 36.2 Å². The molecule has 2 aromatic carbocycles. The van der Waals surface area contributed by atoms with E-state index in [1.54, 1.807) is 31.8 Å². The van der Waals surface area contributed by atoms with Gasteiger partial charge in [-0.15, -0.1) is 11.3 Å². The van der Waals surface area contributed by atoms with E-state index in [2.05, 4.69) is 9.97 Å². The maximum Gasteiger partial charge on any atom is 0.316 e. The van der Waals surface area contributed by atoms with Crippen molar-refractivity contribution < 1.29 is 23.5 Å². The predicted octanol–water partition coefficient (Wildman–Crippen LogP) is 4.70. The van der Waals surface area contributed by atoms with Gasteiger partial charge in [-0.25, -0.2) is 9.37 Å². The number of hydrogen-bond acceptors (Lipinski definition) is 7. The van der Waals surface area contributed by atoms with E-state index >= 15 is 4.39 Å². The van der Waals surface area contributed by atoms with Crippen LogP contribution in [0.3, 0.4) is 0 Å². The zero-order valence-corrected chi connectivity index (χ0v) is 21.9. The van der Waals surface area contributed by atoms with E-state index in [-0.39, 0.29) is 18.0 Å². The Bertz CT molecular complexity index is 1680. The molecule has 11 heteroatoms. The van der Waals surface area contributed by atoms with Crippen LogP contribution in [-0.2, 0) is 23.1 Å². The summed E-state index contributed by atoms with van der Waals surface area (Å²) in [6.45, 7) is 0.0816. The smallest absolute Gasteiger partial charge is 0.316 e. The van der Waals surface area contributed by atoms with Gasteiger partial charge in [0, 0.05) is 43.8 Å². The number of thiophene rings is 1. The number of nitrogens with two attached hydrogens (primary N) is 1. The van der Waals surface area contributed by atoms with Gasteiger partial charge in [-0.2, -0.15) is 0 Å². The number of rotatable bonds is 8. The third-order valence-electron chi connectivity index (χ3n) is 6.03. The maximum atomic E-state index is 15.3. The summed E-state index contributed by atoms with van der Waals surface area (Å²) < 4.78 is 29.2. The monoisotopic (exact) mass is 545 g/mol. The van der Waals surface area contributed by atoms with E-state index < -0.39 is 17.6 Å². The summed E-state index contributed by atoms with van der Waals surface area (Å²) in [6, 6.07) is 14.9. The molecule has 0 spiro atoms. The number of carbonyl (C=O) groups is 2. The minimum absolute atomic E-state index is 0.0461. The van der Waals surface area contributed by atoms with Gasteiger partial charge in [-0.1, -0.05) is 18.2 Å². The summed E-state index contributed by atoms with van der Waals surface area (Å²) in [7, 11) is 3.44. The van der Waals surface area contributed by atoms with Crippen molar-refractivity contribution in [1.82, 2.24) is 14.5 Å². The molecule has 0 saturated carbocycles. The minimum Gasteiger partial charge on any atom is -0.496 e. The van der Waals surface area contributed by atoms with Crippen molar-refractivity contribution in [3.63, 3.8) is 0 Å². The molecule has 2 N–H and O–H groups in total. The summed E-state index contributed by atoms with van der Waals surface area (Å²) in [5, 5.41) is 0. The normalized spacial score (nSPS) is 10.9. The van der Waals surface area contributed by atoms with Crippen LogP contribution in [0.25, 0.3) is 20.8 Å². The Labute approximate surface area is 227 Å². The molecule has 0 fully saturated rings. The highest BCUT2D eigenvalue weighted by Crippen LogP contribution is 2.39. The summed E-state index contributed by atoms with van der Waals surface area (Å²) in [4.78, 5) is 35.2. The van der Waals surface area contributed by atoms with Crippen molar-refractivity contribution in [2.45, 2.75) is 6.42 Å². The Morgan fingerprint density at radius 1 is 1.08 bits per heavy atom. The number of primary amides is 1. The van der Waals surface area contributed by atoms with E-state index in [1.807, 2.05) is 42.1 Å². The topological polar surface area (TPSA) is 113 Å². The number of fused-ring (bicyclic) bond motifs is 1. The number of halogens is 1. The summed E-state index contributed by atoms with van der Waals surface area (Å²) >= 11 is 1.44. The highest BCUT2D eigenvalue weighted by Gasteiger charge is 2.23. The number of aryl methyl sites for hydroxylation is 1. The molecule has 39 heavy (non-hydrogen) atoms. The van der Waals surface area contributed by atoms with Crippen LogP contribution in [0.15, 0.2) is 73.3 Å². The molecule has 0 unspecified atom stereocenters. The molecule has 2 amide bonds. The van der Waals surface area contributed by atoms with Crippen molar-refractivity contribution in [2.75, 3.05) is 18.6 Å². The molecular weight excluding hydrogens is 521 g/mol. The van der Waals surface area contributed by atoms with E-state index in [4.69, 9.17) is 15.2 Å². The molecule has 3 heterocycles. The van der Waals surface area contributed by atoms with Crippen LogP contribution < -0.4 is 20.1 Å². The number of nitrogens with zero attached hydrogens (tertiary/aromatic N) is 4. The van der Waals surface area contributed by atoms with Crippen LogP contribution in [0.2, 0.25) is 0 Å². The van der Waals surface area contributed by atoms with Gasteiger partial charge in [0.05, 0.1) is 34.2 Å². The predicted molar refractivity (Wildman–Crippen MR) is 147 cm³/mol. The fourth-order valence-corrected chi connectivity index (χ4v) is 5.17. The number of ether oxygens (including phenoxy) is 2. The van der Waals surface area contributed by atoms with Crippen LogP contribution >= 0.6 is 11.3 Å². The van der Waals surface area contributed by atoms with Crippen LogP contribution in [-0.4, -0.2) is 40.0 Å². The Morgan fingerprint density at radius 3 is 2.62 bits per heavy atom. The number of pyridine rings is 1. The molecule has 0 atom stereocenters. The largest absolute Gasteiger partial charge is 0.496 e. The molecule has 0 saturated heterocycles. The standard InChI is InChI=1S/C28H24FN5O4S/c1-33-15-21(32-16-33)25-14-20-26(39-25)24(9-11-31-20)38-23-8-7-18(13-19(23)29)34(28(36)27(30)35)12-10-17-5-3-4-6-22(17)37-2/h3-9,11,13-16H,10,12H2,1-2H3,(H2,30,35). The number of aromatic nitrogens is 3. The Kier molecular flexibility index (Phi) is 7.24. The van der Waals surface area contributed by atoms with Crippen LogP contribution in [0.4, 0.5) is 10.1 Å². The lowest BCUT2D eigenvalue weighted by Gasteiger charge is -2.22. The van der Waals surface area contributed by atoms with Gasteiger partial charge in [-0.3, -0.25) is 14.6 Å².